The van der Waals surface area contributed by atoms with Gasteiger partial charge in [-0.3, -0.25) is 4.79 Å². The van der Waals surface area contributed by atoms with E-state index in [-0.39, 0.29) is 12.5 Å². The van der Waals surface area contributed by atoms with E-state index in [1.165, 1.54) is 24.3 Å². The molecule has 2 aromatic rings. The second-order valence-electron chi connectivity index (χ2n) is 4.50. The Morgan fingerprint density at radius 2 is 1.73 bits per heavy atom. The van der Waals surface area contributed by atoms with Crippen LogP contribution in [-0.4, -0.2) is 18.5 Å². The monoisotopic (exact) mass is 294 g/mol. The van der Waals surface area contributed by atoms with Crippen molar-refractivity contribution in [2.45, 2.75) is 6.54 Å². The fourth-order valence-electron chi connectivity index (χ4n) is 1.73. The number of carbonyl (C=O) groups excluding carboxylic acids is 2. The Hall–Kier alpha value is -3.13. The minimum Gasteiger partial charge on any atom is -0.452 e. The van der Waals surface area contributed by atoms with Crippen molar-refractivity contribution in [1.82, 2.24) is 5.32 Å². The molecule has 0 fully saturated rings. The molecule has 0 aliphatic heterocycles. The number of ether oxygens (including phenoxy) is 1. The van der Waals surface area contributed by atoms with Crippen LogP contribution >= 0.6 is 0 Å². The fourth-order valence-corrected chi connectivity index (χ4v) is 1.73. The topological polar surface area (TPSA) is 59.8 Å². The highest BCUT2D eigenvalue weighted by molar-refractivity contribution is 5.91. The van der Waals surface area contributed by atoms with E-state index in [0.29, 0.717) is 17.8 Å². The van der Waals surface area contributed by atoms with Crippen LogP contribution in [-0.2, 0) is 16.1 Å². The highest BCUT2D eigenvalue weighted by Gasteiger charge is 2.09. The van der Waals surface area contributed by atoms with Gasteiger partial charge in [0, 0.05) is 6.54 Å². The lowest BCUT2D eigenvalue weighted by Gasteiger charge is -2.06. The first-order chi connectivity index (χ1) is 10.7. The quantitative estimate of drug-likeness (QED) is 0.681. The lowest BCUT2D eigenvalue weighted by atomic mass is 10.2. The molecule has 0 atom stereocenters. The first-order valence-electron chi connectivity index (χ1n) is 6.64. The average Bonchev–Trinajstić information content (AvgIpc) is 2.58. The molecule has 2 aromatic carbocycles. The van der Waals surface area contributed by atoms with Gasteiger partial charge in [-0.2, -0.15) is 0 Å². The Kier molecular flexibility index (Phi) is 5.27. The Labute approximate surface area is 128 Å². The fraction of sp³-hybridized carbons (Fsp3) is 0.118. The number of hydrogen-bond acceptors (Lipinski definition) is 3. The number of hydrogen-bond donors (Lipinski definition) is 1. The van der Waals surface area contributed by atoms with Crippen LogP contribution in [0.3, 0.4) is 0 Å². The van der Waals surface area contributed by atoms with E-state index < -0.39 is 5.97 Å². The molecule has 0 saturated carbocycles. The molecule has 0 heterocycles. The Morgan fingerprint density at radius 3 is 2.36 bits per heavy atom. The van der Waals surface area contributed by atoms with Crippen LogP contribution in [0.4, 0.5) is 5.69 Å². The van der Waals surface area contributed by atoms with Gasteiger partial charge in [-0.25, -0.2) is 9.64 Å². The van der Waals surface area contributed by atoms with Gasteiger partial charge in [-0.1, -0.05) is 54.6 Å². The molecule has 0 radical (unpaired) electrons. The van der Waals surface area contributed by atoms with Crippen LogP contribution < -0.4 is 5.32 Å². The largest absolute Gasteiger partial charge is 0.452 e. The molecule has 0 aliphatic rings. The number of benzene rings is 2. The number of carbonyl (C=O) groups is 2. The summed E-state index contributed by atoms with van der Waals surface area (Å²) in [6, 6.07) is 15.5. The number of amides is 1. The van der Waals surface area contributed by atoms with Gasteiger partial charge in [-0.05, 0) is 5.56 Å². The molecule has 110 valence electrons. The maximum absolute atomic E-state index is 11.7. The molecule has 1 amide bonds. The summed E-state index contributed by atoms with van der Waals surface area (Å²) < 4.78 is 4.92. The molecular weight excluding hydrogens is 280 g/mol. The third-order valence-electron chi connectivity index (χ3n) is 2.90. The van der Waals surface area contributed by atoms with Gasteiger partial charge in [0.15, 0.2) is 12.3 Å². The molecule has 0 saturated heterocycles. The number of esters is 1. The average molecular weight is 294 g/mol. The zero-order valence-corrected chi connectivity index (χ0v) is 11.8. The molecule has 0 aliphatic carbocycles. The minimum absolute atomic E-state index is 0.309. The van der Waals surface area contributed by atoms with Gasteiger partial charge in [0.25, 0.3) is 5.91 Å². The van der Waals surface area contributed by atoms with Gasteiger partial charge in [0.1, 0.15) is 0 Å². The summed E-state index contributed by atoms with van der Waals surface area (Å²) in [5, 5.41) is 2.67. The zero-order chi connectivity index (χ0) is 15.8. The Bertz CT molecular complexity index is 688. The number of rotatable bonds is 5. The SMILES string of the molecule is [C-]#[N+]c1ccc(C(=O)OCC(=O)NCc2ccccc2)cc1. The molecule has 0 spiro atoms. The second kappa shape index (κ2) is 7.60. The molecule has 0 aromatic heterocycles. The van der Waals surface area contributed by atoms with Gasteiger partial charge in [0.2, 0.25) is 0 Å². The van der Waals surface area contributed by atoms with Crippen molar-refractivity contribution >= 4 is 17.6 Å². The lowest BCUT2D eigenvalue weighted by molar-refractivity contribution is -0.124. The molecule has 1 N–H and O–H groups in total. The zero-order valence-electron chi connectivity index (χ0n) is 11.8. The first-order valence-corrected chi connectivity index (χ1v) is 6.64. The van der Waals surface area contributed by atoms with E-state index >= 15 is 0 Å². The van der Waals surface area contributed by atoms with E-state index in [2.05, 4.69) is 10.2 Å². The van der Waals surface area contributed by atoms with E-state index in [4.69, 9.17) is 11.3 Å². The van der Waals surface area contributed by atoms with Gasteiger partial charge in [0.05, 0.1) is 12.1 Å². The molecule has 2 rings (SSSR count). The summed E-state index contributed by atoms with van der Waals surface area (Å²) >= 11 is 0. The van der Waals surface area contributed by atoms with Crippen molar-refractivity contribution in [2.75, 3.05) is 6.61 Å². The van der Waals surface area contributed by atoms with E-state index in [1.54, 1.807) is 0 Å². The predicted molar refractivity (Wildman–Crippen MR) is 81.3 cm³/mol. The lowest BCUT2D eigenvalue weighted by Crippen LogP contribution is -2.28. The number of nitrogens with one attached hydrogen (secondary N) is 1. The van der Waals surface area contributed by atoms with Crippen LogP contribution in [0.1, 0.15) is 15.9 Å². The van der Waals surface area contributed by atoms with Crippen molar-refractivity contribution in [3.8, 4) is 0 Å². The van der Waals surface area contributed by atoms with Crippen molar-refractivity contribution in [2.24, 2.45) is 0 Å². The summed E-state index contributed by atoms with van der Waals surface area (Å²) in [6.07, 6.45) is 0. The predicted octanol–water partition coefficient (Wildman–Crippen LogP) is 2.71. The summed E-state index contributed by atoms with van der Waals surface area (Å²) in [4.78, 5) is 26.6. The van der Waals surface area contributed by atoms with Crippen LogP contribution in [0, 0.1) is 6.57 Å². The van der Waals surface area contributed by atoms with Crippen molar-refractivity contribution in [3.05, 3.63) is 77.1 Å². The third-order valence-corrected chi connectivity index (χ3v) is 2.90. The van der Waals surface area contributed by atoms with Gasteiger partial charge < -0.3 is 10.1 Å². The van der Waals surface area contributed by atoms with Crippen molar-refractivity contribution in [3.63, 3.8) is 0 Å². The molecule has 5 nitrogen and oxygen atoms in total. The third kappa shape index (κ3) is 4.46. The van der Waals surface area contributed by atoms with Crippen molar-refractivity contribution < 1.29 is 14.3 Å². The summed E-state index contributed by atoms with van der Waals surface area (Å²) in [6.45, 7) is 6.88. The highest BCUT2D eigenvalue weighted by Crippen LogP contribution is 2.13. The summed E-state index contributed by atoms with van der Waals surface area (Å²) in [5.74, 6) is -0.957. The first kappa shape index (κ1) is 15.3. The van der Waals surface area contributed by atoms with Crippen LogP contribution in [0.5, 0.6) is 0 Å². The van der Waals surface area contributed by atoms with Crippen LogP contribution in [0.15, 0.2) is 54.6 Å². The van der Waals surface area contributed by atoms with Gasteiger partial charge in [-0.15, -0.1) is 0 Å². The maximum Gasteiger partial charge on any atom is 0.338 e. The summed E-state index contributed by atoms with van der Waals surface area (Å²) in [7, 11) is 0. The van der Waals surface area contributed by atoms with Crippen molar-refractivity contribution in [1.29, 1.82) is 0 Å². The van der Waals surface area contributed by atoms with E-state index in [1.807, 2.05) is 30.3 Å². The van der Waals surface area contributed by atoms with E-state index in [0.717, 1.165) is 5.56 Å². The smallest absolute Gasteiger partial charge is 0.338 e. The summed E-state index contributed by atoms with van der Waals surface area (Å²) in [5.41, 5.74) is 1.72. The molecule has 22 heavy (non-hydrogen) atoms. The standard InChI is InChI=1S/C17H14N2O3/c1-18-15-9-7-14(8-10-15)17(21)22-12-16(20)19-11-13-5-3-2-4-6-13/h2-10H,11-12H2,(H,19,20). The van der Waals surface area contributed by atoms with Crippen LogP contribution in [0.25, 0.3) is 4.85 Å². The Balaban J connectivity index is 1.78. The highest BCUT2D eigenvalue weighted by atomic mass is 16.5. The molecule has 0 unspecified atom stereocenters. The second-order valence-corrected chi connectivity index (χ2v) is 4.50. The maximum atomic E-state index is 11.7. The van der Waals surface area contributed by atoms with Crippen LogP contribution in [0.2, 0.25) is 0 Å². The minimum atomic E-state index is -0.591. The molecular formula is C17H14N2O3. The van der Waals surface area contributed by atoms with Gasteiger partial charge >= 0.3 is 5.97 Å². The normalized spacial score (nSPS) is 9.59. The molecule has 5 heteroatoms. The number of nitrogens with zero attached hydrogens (tertiary/aromatic N) is 1. The molecule has 0 bridgehead atoms. The Morgan fingerprint density at radius 1 is 1.05 bits per heavy atom. The van der Waals surface area contributed by atoms with E-state index in [9.17, 15) is 9.59 Å².